The molecule has 8 rings (SSSR count). The summed E-state index contributed by atoms with van der Waals surface area (Å²) < 4.78 is 34.6. The molecule has 0 radical (unpaired) electrons. The number of rotatable bonds is 9. The highest BCUT2D eigenvalue weighted by Crippen LogP contribution is 2.75. The highest BCUT2D eigenvalue weighted by atomic mass is 16.8. The molecule has 24 atom stereocenters. The van der Waals surface area contributed by atoms with Crippen molar-refractivity contribution in [1.29, 1.82) is 0 Å². The van der Waals surface area contributed by atoms with Crippen LogP contribution >= 0.6 is 0 Å². The van der Waals surface area contributed by atoms with Crippen LogP contribution in [-0.2, 0) is 38.0 Å². The van der Waals surface area contributed by atoms with E-state index in [4.69, 9.17) is 28.4 Å². The SMILES string of the molecule is C=C1CCC2(C(=O)OC3OC(COC4OC(CO)C(OC5OC(C)C(O)C(O)C5O)C(O)C4O)C(O)C(O)C3O)CCC3(C)C(=CCC4C5(C)CCC(O)C(C)(C=O)C5CCC43C)C2C1. The van der Waals surface area contributed by atoms with Gasteiger partial charge in [0.2, 0.25) is 6.29 Å². The fourth-order valence-corrected chi connectivity index (χ4v) is 14.3. The average molecular weight is 925 g/mol. The Bertz CT molecular complexity index is 1830. The number of allylic oxidation sites excluding steroid dienone is 3. The fraction of sp³-hybridized carbons (Fsp3) is 0.872. The molecule has 3 saturated heterocycles. The molecule has 8 aliphatic rings. The Labute approximate surface area is 379 Å². The average Bonchev–Trinajstić information content (AvgIpc) is 3.28. The van der Waals surface area contributed by atoms with Gasteiger partial charge in [0.1, 0.15) is 73.4 Å². The normalized spacial score (nSPS) is 54.5. The minimum Gasteiger partial charge on any atom is -0.432 e. The van der Waals surface area contributed by atoms with Crippen molar-refractivity contribution in [2.24, 2.45) is 44.8 Å². The van der Waals surface area contributed by atoms with Gasteiger partial charge in [-0.25, -0.2) is 0 Å². The molecule has 368 valence electrons. The quantitative estimate of drug-likeness (QED) is 0.0819. The molecule has 4 saturated carbocycles. The zero-order chi connectivity index (χ0) is 47.3. The van der Waals surface area contributed by atoms with Gasteiger partial charge in [-0.2, -0.15) is 0 Å². The molecule has 24 unspecified atom stereocenters. The number of aliphatic hydroxyl groups excluding tert-OH is 10. The van der Waals surface area contributed by atoms with Gasteiger partial charge >= 0.3 is 5.97 Å². The second-order valence-electron chi connectivity index (χ2n) is 21.7. The summed E-state index contributed by atoms with van der Waals surface area (Å²) in [4.78, 5) is 27.4. The minimum atomic E-state index is -1.86. The summed E-state index contributed by atoms with van der Waals surface area (Å²) in [5.41, 5.74) is -0.278. The van der Waals surface area contributed by atoms with E-state index in [1.807, 2.05) is 6.92 Å². The van der Waals surface area contributed by atoms with E-state index >= 15 is 0 Å². The molecule has 3 aliphatic heterocycles. The highest BCUT2D eigenvalue weighted by molar-refractivity contribution is 5.79. The monoisotopic (exact) mass is 924 g/mol. The molecule has 0 aromatic rings. The van der Waals surface area contributed by atoms with Gasteiger partial charge < -0.3 is 84.3 Å². The predicted molar refractivity (Wildman–Crippen MR) is 225 cm³/mol. The summed E-state index contributed by atoms with van der Waals surface area (Å²) in [6.45, 7) is 13.3. The standard InChI is InChI=1S/C47H72O18/c1-21-9-14-47(16-15-45(5)23(24(47)17-21)7-8-28-43(3)12-11-29(50)44(4,20-49)27(43)10-13-46(28,45)6)42(59)65-41-36(57)33(54)31(52)26(63-41)19-60-39-37(58)34(55)38(25(18-48)62-39)64-40-35(56)32(53)30(51)22(2)61-40/h7,20,22,24-41,48,50-58H,1,8-19H2,2-6H3. The second kappa shape index (κ2) is 17.8. The smallest absolute Gasteiger partial charge is 0.315 e. The van der Waals surface area contributed by atoms with Crippen LogP contribution in [0.3, 0.4) is 0 Å². The Kier molecular flexibility index (Phi) is 13.5. The molecular formula is C47H72O18. The van der Waals surface area contributed by atoms with E-state index < -0.39 is 128 Å². The Morgan fingerprint density at radius 2 is 1.43 bits per heavy atom. The molecule has 18 heteroatoms. The second-order valence-corrected chi connectivity index (χ2v) is 21.7. The lowest BCUT2D eigenvalue weighted by Crippen LogP contribution is -2.65. The van der Waals surface area contributed by atoms with Crippen molar-refractivity contribution >= 4 is 12.3 Å². The summed E-state index contributed by atoms with van der Waals surface area (Å²) in [6.07, 6.45) is -15.1. The van der Waals surface area contributed by atoms with Gasteiger partial charge in [0, 0.05) is 5.92 Å². The Balaban J connectivity index is 0.966. The largest absolute Gasteiger partial charge is 0.432 e. The van der Waals surface area contributed by atoms with E-state index in [1.54, 1.807) is 0 Å². The molecule has 0 aromatic carbocycles. The predicted octanol–water partition coefficient (Wildman–Crippen LogP) is -0.123. The van der Waals surface area contributed by atoms with Crippen molar-refractivity contribution in [3.05, 3.63) is 23.8 Å². The number of carbonyl (C=O) groups excluding carboxylic acids is 2. The molecule has 0 aromatic heterocycles. The highest BCUT2D eigenvalue weighted by Gasteiger charge is 2.70. The summed E-state index contributed by atoms with van der Waals surface area (Å²) in [7, 11) is 0. The Morgan fingerprint density at radius 3 is 2.12 bits per heavy atom. The molecule has 0 bridgehead atoms. The number of ether oxygens (including phenoxy) is 6. The van der Waals surface area contributed by atoms with Crippen LogP contribution < -0.4 is 0 Å². The minimum absolute atomic E-state index is 0.0385. The lowest BCUT2D eigenvalue weighted by Gasteiger charge is -2.70. The number of hydrogen-bond acceptors (Lipinski definition) is 18. The lowest BCUT2D eigenvalue weighted by molar-refractivity contribution is -0.361. The third-order valence-corrected chi connectivity index (χ3v) is 18.6. The van der Waals surface area contributed by atoms with Gasteiger partial charge in [-0.1, -0.05) is 51.5 Å². The van der Waals surface area contributed by atoms with Gasteiger partial charge in [0.25, 0.3) is 0 Å². The molecule has 0 spiro atoms. The first kappa shape index (κ1) is 49.4. The van der Waals surface area contributed by atoms with E-state index in [-0.39, 0.29) is 34.0 Å². The molecule has 0 amide bonds. The third-order valence-electron chi connectivity index (χ3n) is 18.6. The van der Waals surface area contributed by atoms with Crippen molar-refractivity contribution in [1.82, 2.24) is 0 Å². The van der Waals surface area contributed by atoms with E-state index in [9.17, 15) is 60.7 Å². The Morgan fingerprint density at radius 1 is 0.769 bits per heavy atom. The van der Waals surface area contributed by atoms with Crippen LogP contribution in [0.5, 0.6) is 0 Å². The molecule has 7 fully saturated rings. The van der Waals surface area contributed by atoms with Gasteiger partial charge in [-0.15, -0.1) is 0 Å². The maximum atomic E-state index is 14.8. The van der Waals surface area contributed by atoms with Crippen LogP contribution in [-0.4, -0.2) is 175 Å². The number of carbonyl (C=O) groups is 2. The number of hydrogen-bond donors (Lipinski definition) is 10. The molecule has 10 N–H and O–H groups in total. The molecule has 3 heterocycles. The first-order chi connectivity index (χ1) is 30.5. The third kappa shape index (κ3) is 7.64. The number of aldehydes is 1. The first-order valence-corrected chi connectivity index (χ1v) is 23.5. The van der Waals surface area contributed by atoms with E-state index in [2.05, 4.69) is 33.4 Å². The summed E-state index contributed by atoms with van der Waals surface area (Å²) in [6, 6.07) is 0. The van der Waals surface area contributed by atoms with E-state index in [0.717, 1.165) is 37.5 Å². The van der Waals surface area contributed by atoms with Crippen molar-refractivity contribution in [2.45, 2.75) is 197 Å². The molecule has 18 nitrogen and oxygen atoms in total. The first-order valence-electron chi connectivity index (χ1n) is 23.5. The maximum Gasteiger partial charge on any atom is 0.315 e. The van der Waals surface area contributed by atoms with Crippen LogP contribution in [0.4, 0.5) is 0 Å². The van der Waals surface area contributed by atoms with Crippen molar-refractivity contribution in [3.63, 3.8) is 0 Å². The molecular weight excluding hydrogens is 852 g/mol. The summed E-state index contributed by atoms with van der Waals surface area (Å²) in [5.74, 6) is -0.591. The van der Waals surface area contributed by atoms with E-state index in [1.165, 1.54) is 12.5 Å². The lowest BCUT2D eigenvalue weighted by atomic mass is 9.34. The zero-order valence-corrected chi connectivity index (χ0v) is 38.1. The van der Waals surface area contributed by atoms with Crippen LogP contribution in [0.15, 0.2) is 23.8 Å². The van der Waals surface area contributed by atoms with Gasteiger partial charge in [0.15, 0.2) is 12.6 Å². The van der Waals surface area contributed by atoms with Crippen LogP contribution in [0.2, 0.25) is 0 Å². The number of aliphatic hydroxyl groups is 10. The van der Waals surface area contributed by atoms with Crippen LogP contribution in [0.1, 0.15) is 98.8 Å². The number of esters is 1. The van der Waals surface area contributed by atoms with Crippen molar-refractivity contribution in [2.75, 3.05) is 13.2 Å². The van der Waals surface area contributed by atoms with E-state index in [0.29, 0.717) is 38.5 Å². The van der Waals surface area contributed by atoms with Crippen molar-refractivity contribution < 1.29 is 89.1 Å². The number of fused-ring (bicyclic) bond motifs is 7. The van der Waals surface area contributed by atoms with Crippen LogP contribution in [0.25, 0.3) is 0 Å². The van der Waals surface area contributed by atoms with Gasteiger partial charge in [-0.05, 0) is 99.2 Å². The Hall–Kier alpha value is -1.98. The topological polar surface area (TPSA) is 292 Å². The van der Waals surface area contributed by atoms with Crippen molar-refractivity contribution in [3.8, 4) is 0 Å². The fourth-order valence-electron chi connectivity index (χ4n) is 14.3. The maximum absolute atomic E-state index is 14.8. The van der Waals surface area contributed by atoms with Gasteiger partial charge in [-0.3, -0.25) is 4.79 Å². The summed E-state index contributed by atoms with van der Waals surface area (Å²) >= 11 is 0. The summed E-state index contributed by atoms with van der Waals surface area (Å²) in [5, 5.41) is 107. The van der Waals surface area contributed by atoms with Crippen LogP contribution in [0, 0.1) is 44.8 Å². The van der Waals surface area contributed by atoms with Gasteiger partial charge in [0.05, 0.1) is 36.3 Å². The molecule has 5 aliphatic carbocycles. The molecule has 65 heavy (non-hydrogen) atoms. The zero-order valence-electron chi connectivity index (χ0n) is 38.1.